The van der Waals surface area contributed by atoms with Crippen LogP contribution in [0.4, 0.5) is 10.5 Å². The first-order valence-corrected chi connectivity index (χ1v) is 8.56. The highest BCUT2D eigenvalue weighted by Crippen LogP contribution is 2.30. The Morgan fingerprint density at radius 3 is 2.92 bits per heavy atom. The van der Waals surface area contributed by atoms with Gasteiger partial charge in [-0.2, -0.15) is 0 Å². The second-order valence-corrected chi connectivity index (χ2v) is 6.67. The van der Waals surface area contributed by atoms with E-state index in [0.29, 0.717) is 23.7 Å². The van der Waals surface area contributed by atoms with Crippen LogP contribution in [-0.4, -0.2) is 33.7 Å². The van der Waals surface area contributed by atoms with E-state index in [-0.39, 0.29) is 18.7 Å². The van der Waals surface area contributed by atoms with E-state index in [1.54, 1.807) is 29.2 Å². The molecule has 0 bridgehead atoms. The minimum atomic E-state index is -0.258. The van der Waals surface area contributed by atoms with Crippen molar-refractivity contribution in [3.8, 4) is 0 Å². The highest BCUT2D eigenvalue weighted by molar-refractivity contribution is 6.30. The van der Waals surface area contributed by atoms with Gasteiger partial charge in [-0.1, -0.05) is 35.9 Å². The normalized spacial score (nSPS) is 16.7. The fourth-order valence-corrected chi connectivity index (χ4v) is 3.62. The average Bonchev–Trinajstić information content (AvgIpc) is 2.98. The van der Waals surface area contributed by atoms with Gasteiger partial charge in [0, 0.05) is 27.3 Å². The first-order valence-electron chi connectivity index (χ1n) is 8.18. The molecule has 2 aromatic carbocycles. The third kappa shape index (κ3) is 2.97. The number of aromatic amines is 1. The molecule has 3 aromatic rings. The molecular formula is C19H18ClN3O2. The van der Waals surface area contributed by atoms with E-state index in [1.165, 1.54) is 5.56 Å². The number of nitrogens with zero attached hydrogens (tertiary/aromatic N) is 1. The number of aliphatic hydroxyl groups is 1. The summed E-state index contributed by atoms with van der Waals surface area (Å²) in [5.41, 5.74) is 3.89. The summed E-state index contributed by atoms with van der Waals surface area (Å²) in [6.45, 7) is 0.351. The monoisotopic (exact) mass is 355 g/mol. The Morgan fingerprint density at radius 2 is 2.12 bits per heavy atom. The highest BCUT2D eigenvalue weighted by Gasteiger charge is 2.31. The lowest BCUT2D eigenvalue weighted by Crippen LogP contribution is -2.48. The number of aromatic nitrogens is 1. The molecule has 2 heterocycles. The molecule has 2 amide bonds. The topological polar surface area (TPSA) is 68.4 Å². The fraction of sp³-hybridized carbons (Fsp3) is 0.211. The first-order chi connectivity index (χ1) is 12.2. The summed E-state index contributed by atoms with van der Waals surface area (Å²) in [6.07, 6.45) is 0.624. The van der Waals surface area contributed by atoms with E-state index in [9.17, 15) is 9.90 Å². The molecule has 0 fully saturated rings. The van der Waals surface area contributed by atoms with E-state index < -0.39 is 0 Å². The van der Waals surface area contributed by atoms with Crippen LogP contribution in [0.2, 0.25) is 5.02 Å². The number of hydrogen-bond acceptors (Lipinski definition) is 2. The van der Waals surface area contributed by atoms with Crippen molar-refractivity contribution in [1.29, 1.82) is 0 Å². The van der Waals surface area contributed by atoms with Gasteiger partial charge in [0.1, 0.15) is 0 Å². The third-order valence-electron chi connectivity index (χ3n) is 4.66. The van der Waals surface area contributed by atoms with Gasteiger partial charge in [0.2, 0.25) is 0 Å². The molecule has 1 unspecified atom stereocenters. The number of carbonyl (C=O) groups is 1. The van der Waals surface area contributed by atoms with E-state index in [2.05, 4.69) is 16.4 Å². The zero-order valence-corrected chi connectivity index (χ0v) is 14.3. The molecule has 1 atom stereocenters. The molecule has 6 heteroatoms. The SMILES string of the molecule is O=C(Nc1cccc(Cl)c1)N1Cc2[nH]c3ccccc3c2CC1CO. The third-order valence-corrected chi connectivity index (χ3v) is 4.89. The Kier molecular flexibility index (Phi) is 4.11. The molecule has 3 N–H and O–H groups in total. The predicted molar refractivity (Wildman–Crippen MR) is 98.9 cm³/mol. The van der Waals surface area contributed by atoms with E-state index in [0.717, 1.165) is 16.6 Å². The van der Waals surface area contributed by atoms with Gasteiger partial charge in [0.05, 0.1) is 19.2 Å². The molecule has 128 valence electrons. The number of benzene rings is 2. The fourth-order valence-electron chi connectivity index (χ4n) is 3.43. The Balaban J connectivity index is 1.62. The number of amides is 2. The zero-order chi connectivity index (χ0) is 17.4. The van der Waals surface area contributed by atoms with Crippen LogP contribution in [0.15, 0.2) is 48.5 Å². The Bertz CT molecular complexity index is 937. The minimum absolute atomic E-state index is 0.0814. The molecule has 0 saturated heterocycles. The van der Waals surface area contributed by atoms with Gasteiger partial charge in [-0.15, -0.1) is 0 Å². The summed E-state index contributed by atoms with van der Waals surface area (Å²) in [5, 5.41) is 14.4. The molecule has 5 nitrogen and oxygen atoms in total. The van der Waals surface area contributed by atoms with Crippen LogP contribution in [0.5, 0.6) is 0 Å². The van der Waals surface area contributed by atoms with Gasteiger partial charge in [0.15, 0.2) is 0 Å². The number of urea groups is 1. The standard InChI is InChI=1S/C19H18ClN3O2/c20-12-4-3-5-13(8-12)21-19(25)23-10-18-16(9-14(23)11-24)15-6-1-2-7-17(15)22-18/h1-8,14,22,24H,9-11H2,(H,21,25). The van der Waals surface area contributed by atoms with Crippen molar-refractivity contribution in [1.82, 2.24) is 9.88 Å². The van der Waals surface area contributed by atoms with Crippen molar-refractivity contribution >= 4 is 34.2 Å². The highest BCUT2D eigenvalue weighted by atomic mass is 35.5. The summed E-state index contributed by atoms with van der Waals surface area (Å²) in [6, 6.07) is 14.6. The van der Waals surface area contributed by atoms with Gasteiger partial charge >= 0.3 is 6.03 Å². The summed E-state index contributed by atoms with van der Waals surface area (Å²) in [4.78, 5) is 17.8. The van der Waals surface area contributed by atoms with Crippen molar-refractivity contribution in [3.05, 3.63) is 64.8 Å². The lowest BCUT2D eigenvalue weighted by molar-refractivity contribution is 0.129. The van der Waals surface area contributed by atoms with Gasteiger partial charge in [0.25, 0.3) is 0 Å². The van der Waals surface area contributed by atoms with Gasteiger partial charge < -0.3 is 20.3 Å². The number of halogens is 1. The summed E-state index contributed by atoms with van der Waals surface area (Å²) < 4.78 is 0. The second kappa shape index (κ2) is 6.43. The number of H-pyrrole nitrogens is 1. The van der Waals surface area contributed by atoms with Crippen molar-refractivity contribution in [2.24, 2.45) is 0 Å². The number of aliphatic hydroxyl groups excluding tert-OH is 1. The lowest BCUT2D eigenvalue weighted by atomic mass is 9.97. The maximum absolute atomic E-state index is 12.7. The quantitative estimate of drug-likeness (QED) is 0.655. The molecule has 0 saturated carbocycles. The predicted octanol–water partition coefficient (Wildman–Crippen LogP) is 3.77. The minimum Gasteiger partial charge on any atom is -0.394 e. The summed E-state index contributed by atoms with van der Waals surface area (Å²) >= 11 is 5.97. The molecule has 0 aliphatic carbocycles. The van der Waals surface area contributed by atoms with Crippen LogP contribution >= 0.6 is 11.6 Å². The smallest absolute Gasteiger partial charge is 0.322 e. The second-order valence-electron chi connectivity index (χ2n) is 6.24. The van der Waals surface area contributed by atoms with E-state index >= 15 is 0 Å². The Morgan fingerprint density at radius 1 is 1.28 bits per heavy atom. The summed E-state index contributed by atoms with van der Waals surface area (Å²) in [5.74, 6) is 0. The van der Waals surface area contributed by atoms with Crippen molar-refractivity contribution in [3.63, 3.8) is 0 Å². The maximum atomic E-state index is 12.7. The Labute approximate surface area is 150 Å². The van der Waals surface area contributed by atoms with Crippen LogP contribution in [-0.2, 0) is 13.0 Å². The lowest BCUT2D eigenvalue weighted by Gasteiger charge is -2.34. The van der Waals surface area contributed by atoms with Crippen LogP contribution in [0, 0.1) is 0 Å². The van der Waals surface area contributed by atoms with Crippen molar-refractivity contribution < 1.29 is 9.90 Å². The zero-order valence-electron chi connectivity index (χ0n) is 13.5. The largest absolute Gasteiger partial charge is 0.394 e. The molecule has 0 radical (unpaired) electrons. The Hall–Kier alpha value is -2.50. The van der Waals surface area contributed by atoms with E-state index in [4.69, 9.17) is 11.6 Å². The number of para-hydroxylation sites is 1. The average molecular weight is 356 g/mol. The summed E-state index contributed by atoms with van der Waals surface area (Å²) in [7, 11) is 0. The van der Waals surface area contributed by atoms with Crippen molar-refractivity contribution in [2.75, 3.05) is 11.9 Å². The van der Waals surface area contributed by atoms with E-state index in [1.807, 2.05) is 18.2 Å². The van der Waals surface area contributed by atoms with Crippen LogP contribution in [0.3, 0.4) is 0 Å². The first kappa shape index (κ1) is 16.0. The molecule has 25 heavy (non-hydrogen) atoms. The van der Waals surface area contributed by atoms with Crippen LogP contribution in [0.1, 0.15) is 11.3 Å². The van der Waals surface area contributed by atoms with Crippen molar-refractivity contribution in [2.45, 2.75) is 19.0 Å². The number of hydrogen-bond donors (Lipinski definition) is 3. The number of carbonyl (C=O) groups excluding carboxylic acids is 1. The molecule has 1 aromatic heterocycles. The number of nitrogens with one attached hydrogen (secondary N) is 2. The van der Waals surface area contributed by atoms with Gasteiger partial charge in [-0.05, 0) is 36.2 Å². The number of anilines is 1. The van der Waals surface area contributed by atoms with Gasteiger partial charge in [-0.3, -0.25) is 0 Å². The maximum Gasteiger partial charge on any atom is 0.322 e. The molecule has 4 rings (SSSR count). The molecular weight excluding hydrogens is 338 g/mol. The van der Waals surface area contributed by atoms with Crippen LogP contribution in [0.25, 0.3) is 10.9 Å². The van der Waals surface area contributed by atoms with Gasteiger partial charge in [-0.25, -0.2) is 4.79 Å². The van der Waals surface area contributed by atoms with Crippen LogP contribution < -0.4 is 5.32 Å². The number of rotatable bonds is 2. The number of fused-ring (bicyclic) bond motifs is 3. The molecule has 0 spiro atoms. The molecule has 1 aliphatic rings. The molecule has 1 aliphatic heterocycles.